The van der Waals surface area contributed by atoms with Crippen LogP contribution in [-0.4, -0.2) is 25.5 Å². The Morgan fingerprint density at radius 2 is 2.50 bits per heavy atom. The minimum Gasteiger partial charge on any atom is -0.352 e. The van der Waals surface area contributed by atoms with Crippen LogP contribution in [0.4, 0.5) is 0 Å². The van der Waals surface area contributed by atoms with Gasteiger partial charge in [0.25, 0.3) is 0 Å². The molecular weight excluding hydrogens is 176 g/mol. The zero-order valence-electron chi connectivity index (χ0n) is 8.94. The van der Waals surface area contributed by atoms with Crippen molar-refractivity contribution in [1.29, 1.82) is 0 Å². The first-order chi connectivity index (χ1) is 6.83. The van der Waals surface area contributed by atoms with Crippen molar-refractivity contribution >= 4 is 5.91 Å². The maximum absolute atomic E-state index is 11.3. The van der Waals surface area contributed by atoms with Crippen molar-refractivity contribution in [3.05, 3.63) is 11.6 Å². The van der Waals surface area contributed by atoms with E-state index in [0.29, 0.717) is 6.42 Å². The summed E-state index contributed by atoms with van der Waals surface area (Å²) < 4.78 is 0. The Balaban J connectivity index is 2.12. The SMILES string of the molecule is CCCCC(=O)NCC1=CCNCC1. The Morgan fingerprint density at radius 3 is 3.14 bits per heavy atom. The van der Waals surface area contributed by atoms with Crippen LogP contribution in [0.1, 0.15) is 32.6 Å². The molecule has 1 aliphatic rings. The topological polar surface area (TPSA) is 41.1 Å². The van der Waals surface area contributed by atoms with Crippen LogP contribution < -0.4 is 10.6 Å². The van der Waals surface area contributed by atoms with Gasteiger partial charge in [0.1, 0.15) is 0 Å². The fraction of sp³-hybridized carbons (Fsp3) is 0.727. The fourth-order valence-corrected chi connectivity index (χ4v) is 1.47. The van der Waals surface area contributed by atoms with Gasteiger partial charge in [-0.3, -0.25) is 4.79 Å². The quantitative estimate of drug-likeness (QED) is 0.649. The van der Waals surface area contributed by atoms with E-state index in [2.05, 4.69) is 23.6 Å². The summed E-state index contributed by atoms with van der Waals surface area (Å²) in [5.74, 6) is 0.186. The van der Waals surface area contributed by atoms with Crippen molar-refractivity contribution < 1.29 is 4.79 Å². The maximum atomic E-state index is 11.3. The van der Waals surface area contributed by atoms with Gasteiger partial charge in [0.15, 0.2) is 0 Å². The summed E-state index contributed by atoms with van der Waals surface area (Å²) in [7, 11) is 0. The summed E-state index contributed by atoms with van der Waals surface area (Å²) in [4.78, 5) is 11.3. The lowest BCUT2D eigenvalue weighted by molar-refractivity contribution is -0.121. The van der Waals surface area contributed by atoms with Crippen LogP contribution >= 0.6 is 0 Å². The molecule has 0 fully saturated rings. The predicted octanol–water partition coefficient (Wildman–Crippen LogP) is 1.21. The van der Waals surface area contributed by atoms with Crippen LogP contribution in [0.15, 0.2) is 11.6 Å². The number of unbranched alkanes of at least 4 members (excludes halogenated alkanes) is 1. The maximum Gasteiger partial charge on any atom is 0.220 e. The molecular formula is C11H20N2O. The molecule has 14 heavy (non-hydrogen) atoms. The summed E-state index contributed by atoms with van der Waals surface area (Å²) >= 11 is 0. The van der Waals surface area contributed by atoms with E-state index in [1.165, 1.54) is 5.57 Å². The Morgan fingerprint density at radius 1 is 1.64 bits per heavy atom. The highest BCUT2D eigenvalue weighted by Crippen LogP contribution is 2.02. The van der Waals surface area contributed by atoms with Gasteiger partial charge in [0.2, 0.25) is 5.91 Å². The Labute approximate surface area is 86.0 Å². The van der Waals surface area contributed by atoms with Gasteiger partial charge in [-0.05, 0) is 19.4 Å². The monoisotopic (exact) mass is 196 g/mol. The third kappa shape index (κ3) is 4.42. The molecule has 0 aromatic rings. The molecule has 2 N–H and O–H groups in total. The first-order valence-corrected chi connectivity index (χ1v) is 5.48. The molecule has 3 heteroatoms. The van der Waals surface area contributed by atoms with Gasteiger partial charge >= 0.3 is 0 Å². The molecule has 0 saturated heterocycles. The summed E-state index contributed by atoms with van der Waals surface area (Å²) in [5.41, 5.74) is 1.36. The van der Waals surface area contributed by atoms with E-state index >= 15 is 0 Å². The second-order valence-corrected chi connectivity index (χ2v) is 3.70. The normalized spacial score (nSPS) is 16.2. The van der Waals surface area contributed by atoms with Gasteiger partial charge in [-0.1, -0.05) is 25.0 Å². The van der Waals surface area contributed by atoms with E-state index in [4.69, 9.17) is 0 Å². The van der Waals surface area contributed by atoms with Crippen molar-refractivity contribution in [2.75, 3.05) is 19.6 Å². The highest BCUT2D eigenvalue weighted by molar-refractivity contribution is 5.76. The zero-order valence-corrected chi connectivity index (χ0v) is 8.94. The molecule has 0 saturated carbocycles. The highest BCUT2D eigenvalue weighted by Gasteiger charge is 2.04. The van der Waals surface area contributed by atoms with Crippen molar-refractivity contribution in [1.82, 2.24) is 10.6 Å². The van der Waals surface area contributed by atoms with Gasteiger partial charge in [0, 0.05) is 19.5 Å². The molecule has 1 rings (SSSR count). The number of hydrogen-bond donors (Lipinski definition) is 2. The summed E-state index contributed by atoms with van der Waals surface area (Å²) in [6.07, 6.45) is 5.98. The van der Waals surface area contributed by atoms with Crippen molar-refractivity contribution in [3.63, 3.8) is 0 Å². The minimum absolute atomic E-state index is 0.186. The first kappa shape index (κ1) is 11.2. The largest absolute Gasteiger partial charge is 0.352 e. The molecule has 3 nitrogen and oxygen atoms in total. The van der Waals surface area contributed by atoms with Gasteiger partial charge in [-0.2, -0.15) is 0 Å². The van der Waals surface area contributed by atoms with Crippen LogP contribution in [0.5, 0.6) is 0 Å². The first-order valence-electron chi connectivity index (χ1n) is 5.48. The van der Waals surface area contributed by atoms with Crippen LogP contribution in [0.3, 0.4) is 0 Å². The third-order valence-corrected chi connectivity index (χ3v) is 2.43. The number of amides is 1. The molecule has 0 aromatic heterocycles. The van der Waals surface area contributed by atoms with Crippen molar-refractivity contribution in [3.8, 4) is 0 Å². The van der Waals surface area contributed by atoms with E-state index < -0.39 is 0 Å². The number of carbonyl (C=O) groups excluding carboxylic acids is 1. The van der Waals surface area contributed by atoms with Gasteiger partial charge < -0.3 is 10.6 Å². The molecule has 0 unspecified atom stereocenters. The lowest BCUT2D eigenvalue weighted by Crippen LogP contribution is -2.29. The van der Waals surface area contributed by atoms with Crippen LogP contribution in [0.25, 0.3) is 0 Å². The smallest absolute Gasteiger partial charge is 0.220 e. The second-order valence-electron chi connectivity index (χ2n) is 3.70. The molecule has 0 radical (unpaired) electrons. The number of rotatable bonds is 5. The summed E-state index contributed by atoms with van der Waals surface area (Å²) in [6.45, 7) is 4.82. The lowest BCUT2D eigenvalue weighted by Gasteiger charge is -2.14. The Kier molecular flexibility index (Phi) is 5.30. The van der Waals surface area contributed by atoms with E-state index in [1.807, 2.05) is 0 Å². The molecule has 1 amide bonds. The van der Waals surface area contributed by atoms with Gasteiger partial charge in [0.05, 0.1) is 0 Å². The third-order valence-electron chi connectivity index (χ3n) is 2.43. The molecule has 80 valence electrons. The van der Waals surface area contributed by atoms with Gasteiger partial charge in [-0.25, -0.2) is 0 Å². The van der Waals surface area contributed by atoms with E-state index in [-0.39, 0.29) is 5.91 Å². The summed E-state index contributed by atoms with van der Waals surface area (Å²) in [6, 6.07) is 0. The number of carbonyl (C=O) groups is 1. The standard InChI is InChI=1S/C11H20N2O/c1-2-3-4-11(14)13-9-10-5-7-12-8-6-10/h5,12H,2-4,6-9H2,1H3,(H,13,14). The van der Waals surface area contributed by atoms with Gasteiger partial charge in [-0.15, -0.1) is 0 Å². The second kappa shape index (κ2) is 6.60. The molecule has 0 aromatic carbocycles. The highest BCUT2D eigenvalue weighted by atomic mass is 16.1. The van der Waals surface area contributed by atoms with E-state index in [0.717, 1.165) is 38.9 Å². The van der Waals surface area contributed by atoms with Crippen molar-refractivity contribution in [2.45, 2.75) is 32.6 Å². The minimum atomic E-state index is 0.186. The van der Waals surface area contributed by atoms with Crippen LogP contribution in [0.2, 0.25) is 0 Å². The zero-order chi connectivity index (χ0) is 10.2. The Bertz CT molecular complexity index is 211. The summed E-state index contributed by atoms with van der Waals surface area (Å²) in [5, 5.41) is 6.20. The molecule has 0 atom stereocenters. The van der Waals surface area contributed by atoms with Crippen LogP contribution in [0, 0.1) is 0 Å². The molecule has 0 aliphatic carbocycles. The average Bonchev–Trinajstić information content (AvgIpc) is 2.25. The average molecular weight is 196 g/mol. The molecule has 1 heterocycles. The number of hydrogen-bond acceptors (Lipinski definition) is 2. The Hall–Kier alpha value is -0.830. The van der Waals surface area contributed by atoms with Crippen LogP contribution in [-0.2, 0) is 4.79 Å². The molecule has 0 spiro atoms. The molecule has 0 bridgehead atoms. The predicted molar refractivity (Wildman–Crippen MR) is 58.1 cm³/mol. The van der Waals surface area contributed by atoms with Crippen molar-refractivity contribution in [2.24, 2.45) is 0 Å². The number of nitrogens with one attached hydrogen (secondary N) is 2. The van der Waals surface area contributed by atoms with E-state index in [1.54, 1.807) is 0 Å². The fourth-order valence-electron chi connectivity index (χ4n) is 1.47. The molecule has 1 aliphatic heterocycles. The lowest BCUT2D eigenvalue weighted by atomic mass is 10.1. The van der Waals surface area contributed by atoms with E-state index in [9.17, 15) is 4.79 Å².